The van der Waals surface area contributed by atoms with Crippen molar-refractivity contribution in [2.75, 3.05) is 11.9 Å². The first-order valence-electron chi connectivity index (χ1n) is 6.80. The van der Waals surface area contributed by atoms with E-state index < -0.39 is 18.5 Å². The van der Waals surface area contributed by atoms with Crippen molar-refractivity contribution in [2.45, 2.75) is 0 Å². The maximum absolute atomic E-state index is 12.0. The number of carbonyl (C=O) groups excluding carboxylic acids is 2. The van der Waals surface area contributed by atoms with Crippen molar-refractivity contribution in [3.63, 3.8) is 0 Å². The van der Waals surface area contributed by atoms with Crippen LogP contribution in [0.25, 0.3) is 10.9 Å². The molecule has 116 valence electrons. The Balaban J connectivity index is 1.63. The molecule has 23 heavy (non-hydrogen) atoms. The quantitative estimate of drug-likeness (QED) is 0.721. The summed E-state index contributed by atoms with van der Waals surface area (Å²) in [5.41, 5.74) is 1.33. The molecule has 3 rings (SSSR count). The van der Waals surface area contributed by atoms with E-state index in [9.17, 15) is 9.59 Å². The molecule has 0 atom stereocenters. The summed E-state index contributed by atoms with van der Waals surface area (Å²) in [6.07, 6.45) is 0. The van der Waals surface area contributed by atoms with Crippen LogP contribution in [-0.2, 0) is 9.53 Å². The lowest BCUT2D eigenvalue weighted by atomic mass is 10.2. The number of H-pyrrole nitrogens is 1. The number of nitrogens with one attached hydrogen (secondary N) is 2. The van der Waals surface area contributed by atoms with Crippen molar-refractivity contribution in [1.29, 1.82) is 0 Å². The van der Waals surface area contributed by atoms with Gasteiger partial charge in [0.1, 0.15) is 0 Å². The van der Waals surface area contributed by atoms with Gasteiger partial charge in [-0.25, -0.2) is 4.79 Å². The Kier molecular flexibility index (Phi) is 4.25. The summed E-state index contributed by atoms with van der Waals surface area (Å²) in [5.74, 6) is -1.15. The molecule has 3 aromatic rings. The van der Waals surface area contributed by atoms with Gasteiger partial charge in [-0.05, 0) is 18.2 Å². The van der Waals surface area contributed by atoms with Crippen LogP contribution in [0.2, 0.25) is 5.02 Å². The number of nitrogens with zero attached hydrogens (tertiary/aromatic N) is 1. The minimum absolute atomic E-state index is 0.145. The van der Waals surface area contributed by atoms with Crippen LogP contribution >= 0.6 is 11.6 Å². The van der Waals surface area contributed by atoms with Gasteiger partial charge in [0.05, 0.1) is 16.2 Å². The Hall–Kier alpha value is -2.86. The van der Waals surface area contributed by atoms with Crippen LogP contribution in [0.1, 0.15) is 10.5 Å². The van der Waals surface area contributed by atoms with Gasteiger partial charge in [-0.2, -0.15) is 5.10 Å². The van der Waals surface area contributed by atoms with Crippen molar-refractivity contribution < 1.29 is 14.3 Å². The second kappa shape index (κ2) is 6.50. The summed E-state index contributed by atoms with van der Waals surface area (Å²) in [6, 6.07) is 14.0. The molecule has 0 radical (unpaired) electrons. The number of halogens is 1. The summed E-state index contributed by atoms with van der Waals surface area (Å²) in [7, 11) is 0. The number of aromatic nitrogens is 2. The van der Waals surface area contributed by atoms with Gasteiger partial charge < -0.3 is 10.1 Å². The van der Waals surface area contributed by atoms with E-state index in [1.165, 1.54) is 0 Å². The standard InChI is InChI=1S/C16H12ClN3O3/c17-11-6-2-4-8-13(11)18-14(21)9-23-16(22)15-10-5-1-3-7-12(10)19-20-15/h1-8H,9H2,(H,18,21)(H,19,20). The minimum atomic E-state index is -0.670. The Labute approximate surface area is 136 Å². The highest BCUT2D eigenvalue weighted by Crippen LogP contribution is 2.20. The molecular weight excluding hydrogens is 318 g/mol. The van der Waals surface area contributed by atoms with Gasteiger partial charge >= 0.3 is 5.97 Å². The maximum atomic E-state index is 12.0. The highest BCUT2D eigenvalue weighted by atomic mass is 35.5. The first-order chi connectivity index (χ1) is 11.1. The average Bonchev–Trinajstić information content (AvgIpc) is 2.99. The van der Waals surface area contributed by atoms with Crippen LogP contribution in [0.5, 0.6) is 0 Å². The lowest BCUT2D eigenvalue weighted by Gasteiger charge is -2.07. The van der Waals surface area contributed by atoms with Gasteiger partial charge in [0.15, 0.2) is 12.3 Å². The lowest BCUT2D eigenvalue weighted by Crippen LogP contribution is -2.21. The lowest BCUT2D eigenvalue weighted by molar-refractivity contribution is -0.119. The zero-order valence-corrected chi connectivity index (χ0v) is 12.6. The predicted octanol–water partition coefficient (Wildman–Crippen LogP) is 3.01. The molecule has 0 unspecified atom stereocenters. The van der Waals surface area contributed by atoms with E-state index in [0.717, 1.165) is 5.52 Å². The zero-order chi connectivity index (χ0) is 16.2. The smallest absolute Gasteiger partial charge is 0.359 e. The number of benzene rings is 2. The zero-order valence-electron chi connectivity index (χ0n) is 11.9. The molecule has 6 nitrogen and oxygen atoms in total. The molecule has 0 spiro atoms. The van der Waals surface area contributed by atoms with Crippen molar-refractivity contribution in [3.05, 3.63) is 59.2 Å². The minimum Gasteiger partial charge on any atom is -0.451 e. The SMILES string of the molecule is O=C(COC(=O)c1n[nH]c2ccccc12)Nc1ccccc1Cl. The molecule has 0 fully saturated rings. The first-order valence-corrected chi connectivity index (χ1v) is 7.17. The van der Waals surface area contributed by atoms with Gasteiger partial charge in [-0.1, -0.05) is 41.9 Å². The first kappa shape index (κ1) is 15.1. The summed E-state index contributed by atoms with van der Waals surface area (Å²) in [4.78, 5) is 23.9. The number of hydrogen-bond acceptors (Lipinski definition) is 4. The van der Waals surface area contributed by atoms with Gasteiger partial charge in [0.2, 0.25) is 0 Å². The predicted molar refractivity (Wildman–Crippen MR) is 86.5 cm³/mol. The topological polar surface area (TPSA) is 84.1 Å². The number of amides is 1. The van der Waals surface area contributed by atoms with E-state index in [4.69, 9.17) is 16.3 Å². The fourth-order valence-electron chi connectivity index (χ4n) is 2.07. The highest BCUT2D eigenvalue weighted by molar-refractivity contribution is 6.33. The summed E-state index contributed by atoms with van der Waals surface area (Å²) in [5, 5.41) is 10.3. The summed E-state index contributed by atoms with van der Waals surface area (Å²) >= 11 is 5.94. The number of carbonyl (C=O) groups is 2. The molecule has 0 saturated heterocycles. The van der Waals surface area contributed by atoms with Crippen molar-refractivity contribution in [1.82, 2.24) is 10.2 Å². The third kappa shape index (κ3) is 3.32. The number of para-hydroxylation sites is 2. The number of fused-ring (bicyclic) bond motifs is 1. The number of esters is 1. The van der Waals surface area contributed by atoms with E-state index in [0.29, 0.717) is 16.1 Å². The second-order valence-corrected chi connectivity index (χ2v) is 5.13. The molecule has 0 aliphatic rings. The number of ether oxygens (including phenoxy) is 1. The van der Waals surface area contributed by atoms with Crippen molar-refractivity contribution in [2.24, 2.45) is 0 Å². The normalized spacial score (nSPS) is 10.5. The van der Waals surface area contributed by atoms with Crippen LogP contribution in [0.4, 0.5) is 5.69 Å². The fraction of sp³-hybridized carbons (Fsp3) is 0.0625. The van der Waals surface area contributed by atoms with Gasteiger partial charge in [0, 0.05) is 5.39 Å². The molecule has 1 heterocycles. The summed E-state index contributed by atoms with van der Waals surface area (Å²) < 4.78 is 4.99. The molecule has 0 bridgehead atoms. The van der Waals surface area contributed by atoms with Crippen LogP contribution in [-0.4, -0.2) is 28.7 Å². The maximum Gasteiger partial charge on any atom is 0.359 e. The van der Waals surface area contributed by atoms with Gasteiger partial charge in [-0.3, -0.25) is 9.89 Å². The number of rotatable bonds is 4. The van der Waals surface area contributed by atoms with E-state index in [1.807, 2.05) is 6.07 Å². The largest absolute Gasteiger partial charge is 0.451 e. The summed E-state index contributed by atoms with van der Waals surface area (Å²) in [6.45, 7) is -0.425. The Bertz CT molecular complexity index is 876. The molecule has 2 N–H and O–H groups in total. The third-order valence-electron chi connectivity index (χ3n) is 3.15. The molecule has 0 aliphatic heterocycles. The monoisotopic (exact) mass is 329 g/mol. The molecule has 2 aromatic carbocycles. The van der Waals surface area contributed by atoms with E-state index >= 15 is 0 Å². The number of anilines is 1. The number of aromatic amines is 1. The van der Waals surface area contributed by atoms with Crippen LogP contribution in [0.15, 0.2) is 48.5 Å². The highest BCUT2D eigenvalue weighted by Gasteiger charge is 2.16. The van der Waals surface area contributed by atoms with Crippen LogP contribution in [0, 0.1) is 0 Å². The second-order valence-electron chi connectivity index (χ2n) is 4.72. The molecule has 1 amide bonds. The van der Waals surface area contributed by atoms with Crippen molar-refractivity contribution in [3.8, 4) is 0 Å². The Morgan fingerprint density at radius 1 is 1.13 bits per heavy atom. The fourth-order valence-corrected chi connectivity index (χ4v) is 2.25. The van der Waals surface area contributed by atoms with Gasteiger partial charge in [0.25, 0.3) is 5.91 Å². The third-order valence-corrected chi connectivity index (χ3v) is 3.48. The Morgan fingerprint density at radius 3 is 2.70 bits per heavy atom. The van der Waals surface area contributed by atoms with Crippen LogP contribution in [0.3, 0.4) is 0 Å². The van der Waals surface area contributed by atoms with E-state index in [1.54, 1.807) is 42.5 Å². The van der Waals surface area contributed by atoms with Crippen LogP contribution < -0.4 is 5.32 Å². The molecule has 0 saturated carbocycles. The molecular formula is C16H12ClN3O3. The average molecular weight is 330 g/mol. The van der Waals surface area contributed by atoms with E-state index in [-0.39, 0.29) is 5.69 Å². The van der Waals surface area contributed by atoms with E-state index in [2.05, 4.69) is 15.5 Å². The number of hydrogen-bond donors (Lipinski definition) is 2. The van der Waals surface area contributed by atoms with Gasteiger partial charge in [-0.15, -0.1) is 0 Å². The molecule has 1 aromatic heterocycles. The molecule has 7 heteroatoms. The Morgan fingerprint density at radius 2 is 1.87 bits per heavy atom. The molecule has 0 aliphatic carbocycles. The van der Waals surface area contributed by atoms with Crippen molar-refractivity contribution >= 4 is 40.1 Å².